The molecule has 1 fully saturated rings. The van der Waals surface area contributed by atoms with Crippen LogP contribution in [0.25, 0.3) is 5.69 Å². The maximum atomic E-state index is 13.6. The second-order valence-corrected chi connectivity index (χ2v) is 8.30. The molecule has 0 radical (unpaired) electrons. The lowest BCUT2D eigenvalue weighted by molar-refractivity contribution is -0.104. The number of benzene rings is 2. The van der Waals surface area contributed by atoms with Gasteiger partial charge in [0.2, 0.25) is 0 Å². The standard InChI is InChI=1S/C23H23N3O2S/c1-29-22-24-15-20(26(22)18-8-3-2-4-9-18)21(27)25-13-14-28-23(16-25)12-11-17-7-5-6-10-19(17)23/h2-10,15H,11-14,16H2,1H3/t23-/m0/s1. The lowest BCUT2D eigenvalue weighted by Gasteiger charge is -2.41. The molecule has 1 spiro atoms. The van der Waals surface area contributed by atoms with Gasteiger partial charge in [0.05, 0.1) is 19.3 Å². The fraction of sp³-hybridized carbons (Fsp3) is 0.304. The van der Waals surface area contributed by atoms with Crippen molar-refractivity contribution in [2.45, 2.75) is 23.6 Å². The van der Waals surface area contributed by atoms with Crippen molar-refractivity contribution in [2.24, 2.45) is 0 Å². The summed E-state index contributed by atoms with van der Waals surface area (Å²) in [5.41, 5.74) is 3.74. The fourth-order valence-corrected chi connectivity index (χ4v) is 5.09. The third-order valence-corrected chi connectivity index (χ3v) is 6.58. The number of para-hydroxylation sites is 1. The number of ether oxygens (including phenoxy) is 1. The predicted octanol–water partition coefficient (Wildman–Crippen LogP) is 3.91. The van der Waals surface area contributed by atoms with Gasteiger partial charge in [0, 0.05) is 12.2 Å². The van der Waals surface area contributed by atoms with Crippen LogP contribution in [0.2, 0.25) is 0 Å². The smallest absolute Gasteiger partial charge is 0.272 e. The van der Waals surface area contributed by atoms with Crippen LogP contribution < -0.4 is 0 Å². The van der Waals surface area contributed by atoms with Gasteiger partial charge in [-0.05, 0) is 42.4 Å². The van der Waals surface area contributed by atoms with Gasteiger partial charge in [-0.2, -0.15) is 0 Å². The summed E-state index contributed by atoms with van der Waals surface area (Å²) in [4.78, 5) is 20.0. The van der Waals surface area contributed by atoms with Crippen molar-refractivity contribution in [2.75, 3.05) is 26.0 Å². The van der Waals surface area contributed by atoms with Crippen LogP contribution in [0.1, 0.15) is 28.0 Å². The highest BCUT2D eigenvalue weighted by molar-refractivity contribution is 7.98. The third-order valence-electron chi connectivity index (χ3n) is 5.92. The van der Waals surface area contributed by atoms with E-state index in [1.165, 1.54) is 11.1 Å². The van der Waals surface area contributed by atoms with Gasteiger partial charge >= 0.3 is 0 Å². The molecule has 1 aliphatic heterocycles. The van der Waals surface area contributed by atoms with Gasteiger partial charge in [0.1, 0.15) is 11.3 Å². The Kier molecular flexibility index (Phi) is 4.68. The Labute approximate surface area is 174 Å². The van der Waals surface area contributed by atoms with Gasteiger partial charge in [0.15, 0.2) is 5.16 Å². The number of aryl methyl sites for hydroxylation is 1. The minimum absolute atomic E-state index is 0.00806. The van der Waals surface area contributed by atoms with Crippen LogP contribution in [0.15, 0.2) is 66.0 Å². The maximum Gasteiger partial charge on any atom is 0.272 e. The van der Waals surface area contributed by atoms with E-state index in [9.17, 15) is 4.79 Å². The number of nitrogens with zero attached hydrogens (tertiary/aromatic N) is 3. The molecule has 0 saturated carbocycles. The highest BCUT2D eigenvalue weighted by Crippen LogP contribution is 2.42. The van der Waals surface area contributed by atoms with E-state index in [2.05, 4.69) is 29.2 Å². The van der Waals surface area contributed by atoms with Crippen LogP contribution >= 0.6 is 11.8 Å². The molecule has 0 bridgehead atoms. The summed E-state index contributed by atoms with van der Waals surface area (Å²) in [6.07, 6.45) is 5.60. The van der Waals surface area contributed by atoms with Gasteiger partial charge in [-0.3, -0.25) is 9.36 Å². The molecule has 2 aliphatic rings. The number of carbonyl (C=O) groups is 1. The quantitative estimate of drug-likeness (QED) is 0.620. The second-order valence-electron chi connectivity index (χ2n) is 7.53. The number of morpholine rings is 1. The monoisotopic (exact) mass is 405 g/mol. The normalized spacial score (nSPS) is 20.8. The zero-order valence-electron chi connectivity index (χ0n) is 16.4. The number of amides is 1. The predicted molar refractivity (Wildman–Crippen MR) is 114 cm³/mol. The lowest BCUT2D eigenvalue weighted by atomic mass is 9.93. The first-order valence-corrected chi connectivity index (χ1v) is 11.1. The molecule has 1 atom stereocenters. The zero-order chi connectivity index (χ0) is 19.8. The summed E-state index contributed by atoms with van der Waals surface area (Å²) in [6.45, 7) is 1.73. The van der Waals surface area contributed by atoms with Gasteiger partial charge in [-0.25, -0.2) is 4.98 Å². The number of fused-ring (bicyclic) bond motifs is 2. The lowest BCUT2D eigenvalue weighted by Crippen LogP contribution is -2.51. The van der Waals surface area contributed by atoms with E-state index in [0.29, 0.717) is 25.4 Å². The maximum absolute atomic E-state index is 13.6. The van der Waals surface area contributed by atoms with Crippen LogP contribution in [0.5, 0.6) is 0 Å². The summed E-state index contributed by atoms with van der Waals surface area (Å²) in [7, 11) is 0. The summed E-state index contributed by atoms with van der Waals surface area (Å²) in [6, 6.07) is 18.4. The SMILES string of the molecule is CSc1ncc(C(=O)N2CCO[C@@]3(CCc4ccccc43)C2)n1-c1ccccc1. The highest BCUT2D eigenvalue weighted by atomic mass is 32.2. The van der Waals surface area contributed by atoms with Crippen molar-refractivity contribution < 1.29 is 9.53 Å². The molecule has 1 aromatic heterocycles. The minimum Gasteiger partial charge on any atom is -0.367 e. The number of aromatic nitrogens is 2. The van der Waals surface area contributed by atoms with Crippen molar-refractivity contribution in [3.63, 3.8) is 0 Å². The Morgan fingerprint density at radius 2 is 1.93 bits per heavy atom. The van der Waals surface area contributed by atoms with Crippen LogP contribution in [-0.4, -0.2) is 46.3 Å². The number of hydrogen-bond donors (Lipinski definition) is 0. The Morgan fingerprint density at radius 3 is 2.76 bits per heavy atom. The molecule has 2 heterocycles. The molecule has 29 heavy (non-hydrogen) atoms. The molecule has 148 valence electrons. The van der Waals surface area contributed by atoms with Crippen LogP contribution in [0.3, 0.4) is 0 Å². The summed E-state index contributed by atoms with van der Waals surface area (Å²) < 4.78 is 8.25. The molecule has 1 amide bonds. The topological polar surface area (TPSA) is 47.4 Å². The van der Waals surface area contributed by atoms with Gasteiger partial charge in [-0.1, -0.05) is 54.2 Å². The molecule has 1 saturated heterocycles. The molecule has 2 aromatic carbocycles. The molecular weight excluding hydrogens is 382 g/mol. The number of imidazole rings is 1. The molecule has 5 rings (SSSR count). The highest BCUT2D eigenvalue weighted by Gasteiger charge is 2.44. The summed E-state index contributed by atoms with van der Waals surface area (Å²) in [5, 5.41) is 0.814. The molecule has 0 N–H and O–H groups in total. The van der Waals surface area contributed by atoms with Crippen molar-refractivity contribution in [3.8, 4) is 5.69 Å². The Morgan fingerprint density at radius 1 is 1.14 bits per heavy atom. The van der Waals surface area contributed by atoms with Crippen molar-refractivity contribution in [1.29, 1.82) is 0 Å². The third kappa shape index (κ3) is 3.07. The van der Waals surface area contributed by atoms with Crippen molar-refractivity contribution in [3.05, 3.63) is 77.6 Å². The average Bonchev–Trinajstić information content (AvgIpc) is 3.36. The number of carbonyl (C=O) groups excluding carboxylic acids is 1. The molecule has 5 nitrogen and oxygen atoms in total. The van der Waals surface area contributed by atoms with E-state index < -0.39 is 0 Å². The van der Waals surface area contributed by atoms with Gasteiger partial charge in [-0.15, -0.1) is 0 Å². The Hall–Kier alpha value is -2.57. The average molecular weight is 406 g/mol. The first-order chi connectivity index (χ1) is 14.2. The van der Waals surface area contributed by atoms with Crippen molar-refractivity contribution in [1.82, 2.24) is 14.5 Å². The first-order valence-electron chi connectivity index (χ1n) is 9.91. The fourth-order valence-electron chi connectivity index (χ4n) is 4.54. The van der Waals surface area contributed by atoms with Crippen LogP contribution in [-0.2, 0) is 16.8 Å². The molecular formula is C23H23N3O2S. The second kappa shape index (κ2) is 7.35. The number of rotatable bonds is 3. The van der Waals surface area contributed by atoms with E-state index in [-0.39, 0.29) is 11.5 Å². The number of thioether (sulfide) groups is 1. The Bertz CT molecular complexity index is 1050. The van der Waals surface area contributed by atoms with Crippen molar-refractivity contribution >= 4 is 17.7 Å². The van der Waals surface area contributed by atoms with Crippen LogP contribution in [0.4, 0.5) is 0 Å². The summed E-state index contributed by atoms with van der Waals surface area (Å²) in [5.74, 6) is 0.00806. The van der Waals surface area contributed by atoms with Gasteiger partial charge < -0.3 is 9.64 Å². The molecule has 3 aromatic rings. The first kappa shape index (κ1) is 18.5. The molecule has 0 unspecified atom stereocenters. The largest absolute Gasteiger partial charge is 0.367 e. The molecule has 1 aliphatic carbocycles. The minimum atomic E-state index is -0.384. The number of hydrogen-bond acceptors (Lipinski definition) is 4. The zero-order valence-corrected chi connectivity index (χ0v) is 17.2. The molecule has 6 heteroatoms. The van der Waals surface area contributed by atoms with E-state index in [1.807, 2.05) is 46.1 Å². The summed E-state index contributed by atoms with van der Waals surface area (Å²) >= 11 is 1.54. The Balaban J connectivity index is 1.49. The van der Waals surface area contributed by atoms with Gasteiger partial charge in [0.25, 0.3) is 5.91 Å². The van der Waals surface area contributed by atoms with E-state index in [0.717, 1.165) is 23.7 Å². The van der Waals surface area contributed by atoms with E-state index in [1.54, 1.807) is 18.0 Å². The van der Waals surface area contributed by atoms with E-state index >= 15 is 0 Å². The van der Waals surface area contributed by atoms with E-state index in [4.69, 9.17) is 4.74 Å². The van der Waals surface area contributed by atoms with Crippen LogP contribution in [0, 0.1) is 0 Å².